The Kier molecular flexibility index (Phi) is 4.04. The van der Waals surface area contributed by atoms with Gasteiger partial charge in [-0.2, -0.15) is 0 Å². The SMILES string of the molecule is C=C/C(=C\C=C/C)c1cc(C)nc(C)c1. The molecule has 78 valence electrons. The van der Waals surface area contributed by atoms with E-state index in [1.54, 1.807) is 0 Å². The fraction of sp³-hybridized carbons (Fsp3) is 0.214. The minimum absolute atomic E-state index is 1.04. The van der Waals surface area contributed by atoms with E-state index in [1.807, 2.05) is 39.0 Å². The van der Waals surface area contributed by atoms with Crippen molar-refractivity contribution < 1.29 is 0 Å². The van der Waals surface area contributed by atoms with E-state index in [1.165, 1.54) is 5.56 Å². The quantitative estimate of drug-likeness (QED) is 0.674. The molecule has 0 fully saturated rings. The normalized spacial score (nSPS) is 12.1. The molecule has 1 aromatic rings. The molecule has 1 nitrogen and oxygen atoms in total. The summed E-state index contributed by atoms with van der Waals surface area (Å²) in [7, 11) is 0. The van der Waals surface area contributed by atoms with Gasteiger partial charge in [-0.25, -0.2) is 0 Å². The zero-order valence-electron chi connectivity index (χ0n) is 9.62. The summed E-state index contributed by atoms with van der Waals surface area (Å²) < 4.78 is 0. The fourth-order valence-corrected chi connectivity index (χ4v) is 1.48. The minimum atomic E-state index is 1.04. The number of pyridine rings is 1. The molecule has 0 saturated carbocycles. The maximum atomic E-state index is 4.35. The molecule has 0 aliphatic rings. The lowest BCUT2D eigenvalue weighted by molar-refractivity contribution is 1.12. The van der Waals surface area contributed by atoms with Crippen molar-refractivity contribution in [2.24, 2.45) is 0 Å². The Bertz CT molecular complexity index is 391. The van der Waals surface area contributed by atoms with Crippen molar-refractivity contribution in [1.29, 1.82) is 0 Å². The highest BCUT2D eigenvalue weighted by molar-refractivity contribution is 5.74. The van der Waals surface area contributed by atoms with Crippen LogP contribution in [0, 0.1) is 13.8 Å². The highest BCUT2D eigenvalue weighted by Crippen LogP contribution is 2.17. The van der Waals surface area contributed by atoms with E-state index in [0.29, 0.717) is 0 Å². The minimum Gasteiger partial charge on any atom is -0.258 e. The van der Waals surface area contributed by atoms with Gasteiger partial charge in [0.25, 0.3) is 0 Å². The number of hydrogen-bond acceptors (Lipinski definition) is 1. The highest BCUT2D eigenvalue weighted by Gasteiger charge is 1.99. The lowest BCUT2D eigenvalue weighted by atomic mass is 10.0. The van der Waals surface area contributed by atoms with Crippen LogP contribution in [0.25, 0.3) is 5.57 Å². The van der Waals surface area contributed by atoms with Gasteiger partial charge in [-0.15, -0.1) is 0 Å². The van der Waals surface area contributed by atoms with Gasteiger partial charge in [0.05, 0.1) is 0 Å². The number of allylic oxidation sites excluding steroid dienone is 5. The molecule has 1 heteroatoms. The van der Waals surface area contributed by atoms with Crippen LogP contribution < -0.4 is 0 Å². The molecule has 1 heterocycles. The molecule has 0 saturated heterocycles. The third-order valence-electron chi connectivity index (χ3n) is 2.10. The molecule has 1 aromatic heterocycles. The number of aryl methyl sites for hydroxylation is 2. The summed E-state index contributed by atoms with van der Waals surface area (Å²) in [5.41, 5.74) is 4.38. The van der Waals surface area contributed by atoms with Crippen molar-refractivity contribution >= 4 is 5.57 Å². The van der Waals surface area contributed by atoms with Crippen LogP contribution in [0.3, 0.4) is 0 Å². The van der Waals surface area contributed by atoms with Gasteiger partial charge in [0.1, 0.15) is 0 Å². The molecule has 0 aliphatic heterocycles. The van der Waals surface area contributed by atoms with Crippen molar-refractivity contribution in [3.05, 3.63) is 60.0 Å². The third kappa shape index (κ3) is 3.21. The third-order valence-corrected chi connectivity index (χ3v) is 2.10. The Morgan fingerprint density at radius 1 is 1.27 bits per heavy atom. The summed E-state index contributed by atoms with van der Waals surface area (Å²) in [6.45, 7) is 9.84. The topological polar surface area (TPSA) is 12.9 Å². The summed E-state index contributed by atoms with van der Waals surface area (Å²) in [4.78, 5) is 4.35. The lowest BCUT2D eigenvalue weighted by Gasteiger charge is -2.04. The second kappa shape index (κ2) is 5.30. The maximum absolute atomic E-state index is 4.35. The second-order valence-corrected chi connectivity index (χ2v) is 3.49. The van der Waals surface area contributed by atoms with Crippen LogP contribution in [-0.2, 0) is 0 Å². The van der Waals surface area contributed by atoms with Crippen molar-refractivity contribution in [3.63, 3.8) is 0 Å². The predicted octanol–water partition coefficient (Wildman–Crippen LogP) is 3.84. The van der Waals surface area contributed by atoms with Gasteiger partial charge in [0.15, 0.2) is 0 Å². The van der Waals surface area contributed by atoms with E-state index >= 15 is 0 Å². The number of nitrogens with zero attached hydrogens (tertiary/aromatic N) is 1. The zero-order valence-corrected chi connectivity index (χ0v) is 9.62. The lowest BCUT2D eigenvalue weighted by Crippen LogP contribution is -1.89. The van der Waals surface area contributed by atoms with Crippen LogP contribution >= 0.6 is 0 Å². The molecule has 0 spiro atoms. The summed E-state index contributed by atoms with van der Waals surface area (Å²) in [5, 5.41) is 0. The van der Waals surface area contributed by atoms with E-state index in [2.05, 4.69) is 29.8 Å². The molecular formula is C14H17N. The number of aromatic nitrogens is 1. The first-order chi connectivity index (χ1) is 7.17. The van der Waals surface area contributed by atoms with Gasteiger partial charge in [0, 0.05) is 11.4 Å². The molecule has 0 radical (unpaired) electrons. The first-order valence-corrected chi connectivity index (χ1v) is 5.08. The summed E-state index contributed by atoms with van der Waals surface area (Å²) >= 11 is 0. The zero-order chi connectivity index (χ0) is 11.3. The van der Waals surface area contributed by atoms with E-state index in [0.717, 1.165) is 17.0 Å². The molecule has 1 rings (SSSR count). The van der Waals surface area contributed by atoms with Crippen molar-refractivity contribution in [3.8, 4) is 0 Å². The van der Waals surface area contributed by atoms with Crippen LogP contribution in [-0.4, -0.2) is 4.98 Å². The Balaban J connectivity index is 3.17. The molecule has 0 amide bonds. The van der Waals surface area contributed by atoms with Crippen LogP contribution in [0.4, 0.5) is 0 Å². The molecule has 0 bridgehead atoms. The van der Waals surface area contributed by atoms with E-state index in [4.69, 9.17) is 0 Å². The monoisotopic (exact) mass is 199 g/mol. The first kappa shape index (κ1) is 11.4. The van der Waals surface area contributed by atoms with Gasteiger partial charge in [0.2, 0.25) is 0 Å². The first-order valence-electron chi connectivity index (χ1n) is 5.08. The van der Waals surface area contributed by atoms with Crippen molar-refractivity contribution in [2.45, 2.75) is 20.8 Å². The Morgan fingerprint density at radius 3 is 2.33 bits per heavy atom. The molecule has 0 aliphatic carbocycles. The molecular weight excluding hydrogens is 182 g/mol. The van der Waals surface area contributed by atoms with Crippen molar-refractivity contribution in [2.75, 3.05) is 0 Å². The van der Waals surface area contributed by atoms with Crippen molar-refractivity contribution in [1.82, 2.24) is 4.98 Å². The maximum Gasteiger partial charge on any atom is 0.0382 e. The van der Waals surface area contributed by atoms with Crippen LogP contribution in [0.2, 0.25) is 0 Å². The molecule has 0 unspecified atom stereocenters. The van der Waals surface area contributed by atoms with Gasteiger partial charge in [-0.3, -0.25) is 4.98 Å². The van der Waals surface area contributed by atoms with Gasteiger partial charge >= 0.3 is 0 Å². The van der Waals surface area contributed by atoms with Crippen LogP contribution in [0.1, 0.15) is 23.9 Å². The highest BCUT2D eigenvalue weighted by atomic mass is 14.7. The summed E-state index contributed by atoms with van der Waals surface area (Å²) in [6, 6.07) is 4.15. The Morgan fingerprint density at radius 2 is 1.87 bits per heavy atom. The van der Waals surface area contributed by atoms with Crippen LogP contribution in [0.15, 0.2) is 43.0 Å². The number of rotatable bonds is 3. The summed E-state index contributed by atoms with van der Waals surface area (Å²) in [6.07, 6.45) is 7.95. The molecule has 0 N–H and O–H groups in total. The van der Waals surface area contributed by atoms with Gasteiger partial charge in [-0.05, 0) is 44.0 Å². The Labute approximate surface area is 91.9 Å². The number of hydrogen-bond donors (Lipinski definition) is 0. The molecule has 15 heavy (non-hydrogen) atoms. The average Bonchev–Trinajstić information content (AvgIpc) is 2.17. The summed E-state index contributed by atoms with van der Waals surface area (Å²) in [5.74, 6) is 0. The smallest absolute Gasteiger partial charge is 0.0382 e. The van der Waals surface area contributed by atoms with Gasteiger partial charge in [-0.1, -0.05) is 30.9 Å². The standard InChI is InChI=1S/C14H17N/c1-5-7-8-13(6-2)14-9-11(3)15-12(4)10-14/h5-10H,2H2,1,3-4H3/b7-5-,13-8+. The fourth-order valence-electron chi connectivity index (χ4n) is 1.48. The van der Waals surface area contributed by atoms with E-state index in [-0.39, 0.29) is 0 Å². The predicted molar refractivity (Wildman–Crippen MR) is 66.7 cm³/mol. The molecule has 0 aromatic carbocycles. The van der Waals surface area contributed by atoms with Gasteiger partial charge < -0.3 is 0 Å². The molecule has 0 atom stereocenters. The second-order valence-electron chi connectivity index (χ2n) is 3.49. The van der Waals surface area contributed by atoms with E-state index in [9.17, 15) is 0 Å². The largest absolute Gasteiger partial charge is 0.258 e. The van der Waals surface area contributed by atoms with Crippen LogP contribution in [0.5, 0.6) is 0 Å². The van der Waals surface area contributed by atoms with E-state index < -0.39 is 0 Å². The Hall–Kier alpha value is -1.63. The average molecular weight is 199 g/mol.